The van der Waals surface area contributed by atoms with Crippen LogP contribution in [-0.4, -0.2) is 31.0 Å². The first-order valence-corrected chi connectivity index (χ1v) is 8.03. The number of rotatable bonds is 6. The summed E-state index contributed by atoms with van der Waals surface area (Å²) in [5.41, 5.74) is 0.804. The monoisotopic (exact) mass is 318 g/mol. The summed E-state index contributed by atoms with van der Waals surface area (Å²) < 4.78 is 5.29. The lowest BCUT2D eigenvalue weighted by Crippen LogP contribution is -2.42. The fraction of sp³-hybridized carbons (Fsp3) is 0.556. The van der Waals surface area contributed by atoms with Gasteiger partial charge >= 0.3 is 0 Å². The van der Waals surface area contributed by atoms with E-state index in [1.807, 2.05) is 45.0 Å². The lowest BCUT2D eigenvalue weighted by atomic mass is 10.1. The summed E-state index contributed by atoms with van der Waals surface area (Å²) >= 11 is 0. The molecule has 1 aromatic carbocycles. The minimum Gasteiger partial charge on any atom is -0.496 e. The van der Waals surface area contributed by atoms with Gasteiger partial charge < -0.3 is 15.4 Å². The van der Waals surface area contributed by atoms with Crippen LogP contribution in [0.15, 0.2) is 24.3 Å². The van der Waals surface area contributed by atoms with Gasteiger partial charge in [0.15, 0.2) is 0 Å². The molecule has 0 heterocycles. The molecule has 126 valence electrons. The zero-order chi connectivity index (χ0) is 17.0. The van der Waals surface area contributed by atoms with Crippen molar-refractivity contribution in [2.24, 2.45) is 11.8 Å². The molecule has 0 saturated heterocycles. The van der Waals surface area contributed by atoms with Gasteiger partial charge in [0.25, 0.3) is 0 Å². The van der Waals surface area contributed by atoms with Gasteiger partial charge in [-0.2, -0.15) is 0 Å². The van der Waals surface area contributed by atoms with E-state index >= 15 is 0 Å². The first kappa shape index (κ1) is 17.3. The maximum Gasteiger partial charge on any atom is 0.224 e. The maximum absolute atomic E-state index is 12.1. The highest BCUT2D eigenvalue weighted by molar-refractivity contribution is 5.92. The minimum atomic E-state index is -0.259. The number of ether oxygens (including phenoxy) is 1. The Labute approximate surface area is 137 Å². The Morgan fingerprint density at radius 2 is 1.83 bits per heavy atom. The number of carbonyl (C=O) groups is 2. The fourth-order valence-corrected chi connectivity index (χ4v) is 2.60. The quantitative estimate of drug-likeness (QED) is 0.842. The number of nitrogens with one attached hydrogen (secondary N) is 2. The average Bonchev–Trinajstić information content (AvgIpc) is 3.26. The number of amides is 2. The molecule has 0 aromatic heterocycles. The molecule has 5 nitrogen and oxygen atoms in total. The van der Waals surface area contributed by atoms with E-state index < -0.39 is 0 Å². The molecule has 1 aliphatic carbocycles. The van der Waals surface area contributed by atoms with E-state index in [4.69, 9.17) is 4.74 Å². The second-order valence-electron chi connectivity index (χ2n) is 7.04. The van der Waals surface area contributed by atoms with Gasteiger partial charge in [0.1, 0.15) is 5.75 Å². The Bertz CT molecular complexity index is 578. The van der Waals surface area contributed by atoms with Gasteiger partial charge in [-0.1, -0.05) is 18.2 Å². The Morgan fingerprint density at radius 1 is 1.17 bits per heavy atom. The van der Waals surface area contributed by atoms with Crippen LogP contribution in [0.3, 0.4) is 0 Å². The normalized spacial score (nSPS) is 19.8. The van der Waals surface area contributed by atoms with Crippen molar-refractivity contribution in [1.29, 1.82) is 0 Å². The summed E-state index contributed by atoms with van der Waals surface area (Å²) in [5, 5.41) is 5.85. The minimum absolute atomic E-state index is 0.0256. The highest BCUT2D eigenvalue weighted by atomic mass is 16.5. The lowest BCUT2D eigenvalue weighted by molar-refractivity contribution is -0.128. The second-order valence-corrected chi connectivity index (χ2v) is 7.04. The molecular weight excluding hydrogens is 292 g/mol. The topological polar surface area (TPSA) is 67.4 Å². The van der Waals surface area contributed by atoms with Crippen molar-refractivity contribution in [3.05, 3.63) is 29.8 Å². The Morgan fingerprint density at radius 3 is 2.48 bits per heavy atom. The molecule has 2 unspecified atom stereocenters. The predicted octanol–water partition coefficient (Wildman–Crippen LogP) is 1.90. The molecule has 2 rings (SSSR count). The molecule has 5 heteroatoms. The van der Waals surface area contributed by atoms with E-state index in [2.05, 4.69) is 10.6 Å². The summed E-state index contributed by atoms with van der Waals surface area (Å²) in [6, 6.07) is 7.77. The number of hydrogen-bond acceptors (Lipinski definition) is 3. The van der Waals surface area contributed by atoms with E-state index in [1.54, 1.807) is 7.11 Å². The molecule has 2 amide bonds. The molecule has 0 radical (unpaired) electrons. The van der Waals surface area contributed by atoms with Crippen LogP contribution < -0.4 is 15.4 Å². The zero-order valence-corrected chi connectivity index (χ0v) is 14.3. The van der Waals surface area contributed by atoms with Gasteiger partial charge in [-0.3, -0.25) is 9.59 Å². The van der Waals surface area contributed by atoms with Crippen LogP contribution in [0.4, 0.5) is 0 Å². The SMILES string of the molecule is COc1ccccc1CCNC(=O)C1CC1C(=O)NC(C)(C)C. The smallest absolute Gasteiger partial charge is 0.224 e. The molecule has 1 fully saturated rings. The number of carbonyl (C=O) groups excluding carboxylic acids is 2. The fourth-order valence-electron chi connectivity index (χ4n) is 2.60. The highest BCUT2D eigenvalue weighted by Gasteiger charge is 2.48. The largest absolute Gasteiger partial charge is 0.496 e. The molecule has 0 bridgehead atoms. The van der Waals surface area contributed by atoms with Crippen LogP contribution in [0.2, 0.25) is 0 Å². The Balaban J connectivity index is 1.75. The van der Waals surface area contributed by atoms with Crippen molar-refractivity contribution in [1.82, 2.24) is 10.6 Å². The van der Waals surface area contributed by atoms with Gasteiger partial charge in [0, 0.05) is 12.1 Å². The third kappa shape index (κ3) is 4.98. The molecule has 1 saturated carbocycles. The van der Waals surface area contributed by atoms with E-state index in [9.17, 15) is 9.59 Å². The van der Waals surface area contributed by atoms with E-state index in [1.165, 1.54) is 0 Å². The highest BCUT2D eigenvalue weighted by Crippen LogP contribution is 2.39. The molecular formula is C18H26N2O3. The summed E-state index contributed by atoms with van der Waals surface area (Å²) in [4.78, 5) is 24.1. The number of para-hydroxylation sites is 1. The predicted molar refractivity (Wildman–Crippen MR) is 89.2 cm³/mol. The van der Waals surface area contributed by atoms with E-state index in [-0.39, 0.29) is 29.2 Å². The summed E-state index contributed by atoms with van der Waals surface area (Å²) in [6.45, 7) is 6.37. The molecule has 0 spiro atoms. The first-order chi connectivity index (χ1) is 10.8. The Kier molecular flexibility index (Phi) is 5.29. The third-order valence-electron chi connectivity index (χ3n) is 3.85. The van der Waals surface area contributed by atoms with Crippen molar-refractivity contribution in [3.8, 4) is 5.75 Å². The maximum atomic E-state index is 12.1. The standard InChI is InChI=1S/C18H26N2O3/c1-18(2,3)20-17(22)14-11-13(14)16(21)19-10-9-12-7-5-6-8-15(12)23-4/h5-8,13-14H,9-11H2,1-4H3,(H,19,21)(H,20,22). The van der Waals surface area contributed by atoms with Gasteiger partial charge in [-0.25, -0.2) is 0 Å². The average molecular weight is 318 g/mol. The van der Waals surface area contributed by atoms with Crippen LogP contribution in [-0.2, 0) is 16.0 Å². The number of benzene rings is 1. The van der Waals surface area contributed by atoms with E-state index in [0.29, 0.717) is 19.4 Å². The molecule has 2 N–H and O–H groups in total. The van der Waals surface area contributed by atoms with E-state index in [0.717, 1.165) is 11.3 Å². The van der Waals surface area contributed by atoms with Gasteiger partial charge in [-0.15, -0.1) is 0 Å². The molecule has 1 aliphatic rings. The first-order valence-electron chi connectivity index (χ1n) is 8.03. The van der Waals surface area contributed by atoms with Crippen LogP contribution in [0.5, 0.6) is 5.75 Å². The van der Waals surface area contributed by atoms with Crippen molar-refractivity contribution in [2.45, 2.75) is 39.2 Å². The van der Waals surface area contributed by atoms with Crippen molar-refractivity contribution in [3.63, 3.8) is 0 Å². The lowest BCUT2D eigenvalue weighted by Gasteiger charge is -2.20. The van der Waals surface area contributed by atoms with Crippen LogP contribution in [0.25, 0.3) is 0 Å². The second kappa shape index (κ2) is 7.02. The molecule has 2 atom stereocenters. The van der Waals surface area contributed by atoms with Gasteiger partial charge in [0.2, 0.25) is 11.8 Å². The third-order valence-corrected chi connectivity index (χ3v) is 3.85. The summed E-state index contributed by atoms with van der Waals surface area (Å²) in [7, 11) is 1.64. The van der Waals surface area contributed by atoms with Crippen molar-refractivity contribution >= 4 is 11.8 Å². The van der Waals surface area contributed by atoms with Crippen LogP contribution in [0, 0.1) is 11.8 Å². The van der Waals surface area contributed by atoms with Crippen molar-refractivity contribution < 1.29 is 14.3 Å². The van der Waals surface area contributed by atoms with Gasteiger partial charge in [0.05, 0.1) is 18.9 Å². The van der Waals surface area contributed by atoms with Crippen LogP contribution in [0.1, 0.15) is 32.8 Å². The molecule has 23 heavy (non-hydrogen) atoms. The zero-order valence-electron chi connectivity index (χ0n) is 14.3. The molecule has 1 aromatic rings. The Hall–Kier alpha value is -2.04. The summed E-state index contributed by atoms with van der Waals surface area (Å²) in [6.07, 6.45) is 1.35. The number of methoxy groups -OCH3 is 1. The van der Waals surface area contributed by atoms with Crippen molar-refractivity contribution in [2.75, 3.05) is 13.7 Å². The van der Waals surface area contributed by atoms with Crippen LogP contribution >= 0.6 is 0 Å². The molecule has 0 aliphatic heterocycles. The number of hydrogen-bond donors (Lipinski definition) is 2. The summed E-state index contributed by atoms with van der Waals surface area (Å²) in [5.74, 6) is 0.405. The van der Waals surface area contributed by atoms with Gasteiger partial charge in [-0.05, 0) is 45.2 Å².